The molecule has 0 saturated carbocycles. The average molecular weight is 329 g/mol. The fourth-order valence-corrected chi connectivity index (χ4v) is 3.57. The van der Waals surface area contributed by atoms with Gasteiger partial charge in [0.1, 0.15) is 0 Å². The highest BCUT2D eigenvalue weighted by molar-refractivity contribution is 6.04. The SMILES string of the molecule is COC1=C[C@H]2CCN(C)[C@H](Cc3ccc(OC)c(O)c3)C2=CC1=O. The number of ether oxygens (including phenoxy) is 2. The molecule has 1 aromatic rings. The van der Waals surface area contributed by atoms with Crippen LogP contribution < -0.4 is 4.74 Å². The number of likely N-dealkylation sites (tertiary alicyclic amines) is 1. The van der Waals surface area contributed by atoms with Crippen LogP contribution in [0.2, 0.25) is 0 Å². The Morgan fingerprint density at radius 2 is 2.08 bits per heavy atom. The Bertz CT molecular complexity index is 707. The zero-order chi connectivity index (χ0) is 17.3. The maximum absolute atomic E-state index is 12.2. The number of phenols is 1. The number of allylic oxidation sites excluding steroid dienone is 2. The van der Waals surface area contributed by atoms with E-state index in [2.05, 4.69) is 11.9 Å². The minimum atomic E-state index is -0.0679. The lowest BCUT2D eigenvalue weighted by Gasteiger charge is -2.40. The molecular weight excluding hydrogens is 306 g/mol. The Morgan fingerprint density at radius 1 is 1.29 bits per heavy atom. The zero-order valence-electron chi connectivity index (χ0n) is 14.3. The van der Waals surface area contributed by atoms with Crippen molar-refractivity contribution >= 4 is 5.78 Å². The maximum atomic E-state index is 12.2. The molecule has 1 saturated heterocycles. The molecule has 0 radical (unpaired) electrons. The van der Waals surface area contributed by atoms with Gasteiger partial charge in [-0.1, -0.05) is 6.07 Å². The van der Waals surface area contributed by atoms with Crippen LogP contribution in [0.1, 0.15) is 12.0 Å². The number of nitrogens with zero attached hydrogens (tertiary/aromatic N) is 1. The molecule has 2 aliphatic rings. The molecule has 1 aliphatic carbocycles. The van der Waals surface area contributed by atoms with Gasteiger partial charge >= 0.3 is 0 Å². The molecule has 5 heteroatoms. The summed E-state index contributed by atoms with van der Waals surface area (Å²) in [5, 5.41) is 9.99. The van der Waals surface area contributed by atoms with Gasteiger partial charge in [-0.15, -0.1) is 0 Å². The van der Waals surface area contributed by atoms with Crippen molar-refractivity contribution < 1.29 is 19.4 Å². The summed E-state index contributed by atoms with van der Waals surface area (Å²) >= 11 is 0. The van der Waals surface area contributed by atoms with Crippen molar-refractivity contribution in [3.05, 3.63) is 47.2 Å². The number of ketones is 1. The first-order valence-electron chi connectivity index (χ1n) is 8.11. The Morgan fingerprint density at radius 3 is 2.75 bits per heavy atom. The van der Waals surface area contributed by atoms with Crippen molar-refractivity contribution in [1.82, 2.24) is 4.90 Å². The number of likely N-dealkylation sites (N-methyl/N-ethyl adjacent to an activating group) is 1. The molecular formula is C19H23NO4. The second-order valence-corrected chi connectivity index (χ2v) is 6.35. The molecule has 0 unspecified atom stereocenters. The summed E-state index contributed by atoms with van der Waals surface area (Å²) < 4.78 is 10.3. The van der Waals surface area contributed by atoms with Gasteiger partial charge in [-0.25, -0.2) is 0 Å². The van der Waals surface area contributed by atoms with Crippen LogP contribution in [0.4, 0.5) is 0 Å². The van der Waals surface area contributed by atoms with E-state index < -0.39 is 0 Å². The van der Waals surface area contributed by atoms with E-state index in [-0.39, 0.29) is 23.5 Å². The highest BCUT2D eigenvalue weighted by Gasteiger charge is 2.34. The largest absolute Gasteiger partial charge is 0.504 e. The molecule has 3 rings (SSSR count). The molecule has 0 spiro atoms. The van der Waals surface area contributed by atoms with Crippen molar-refractivity contribution in [3.8, 4) is 11.5 Å². The third-order valence-corrected chi connectivity index (χ3v) is 4.92. The molecule has 1 fully saturated rings. The summed E-state index contributed by atoms with van der Waals surface area (Å²) in [5.74, 6) is 1.22. The van der Waals surface area contributed by atoms with Crippen LogP contribution in [0, 0.1) is 5.92 Å². The number of hydrogen-bond donors (Lipinski definition) is 1. The first kappa shape index (κ1) is 16.6. The number of aromatic hydroxyl groups is 1. The van der Waals surface area contributed by atoms with Crippen molar-refractivity contribution in [3.63, 3.8) is 0 Å². The quantitative estimate of drug-likeness (QED) is 0.918. The fourth-order valence-electron chi connectivity index (χ4n) is 3.57. The van der Waals surface area contributed by atoms with Gasteiger partial charge in [-0.2, -0.15) is 0 Å². The maximum Gasteiger partial charge on any atom is 0.220 e. The third-order valence-electron chi connectivity index (χ3n) is 4.92. The topological polar surface area (TPSA) is 59.0 Å². The smallest absolute Gasteiger partial charge is 0.220 e. The molecule has 0 bridgehead atoms. The lowest BCUT2D eigenvalue weighted by atomic mass is 9.79. The number of fused-ring (bicyclic) bond motifs is 1. The van der Waals surface area contributed by atoms with Crippen LogP contribution >= 0.6 is 0 Å². The molecule has 5 nitrogen and oxygen atoms in total. The van der Waals surface area contributed by atoms with E-state index in [0.29, 0.717) is 11.5 Å². The summed E-state index contributed by atoms with van der Waals surface area (Å²) in [4.78, 5) is 14.4. The number of carbonyl (C=O) groups excluding carboxylic acids is 1. The highest BCUT2D eigenvalue weighted by Crippen LogP contribution is 2.35. The van der Waals surface area contributed by atoms with E-state index in [1.807, 2.05) is 12.1 Å². The van der Waals surface area contributed by atoms with E-state index in [0.717, 1.165) is 30.5 Å². The standard InChI is InChI=1S/C19H23NO4/c1-20-7-6-13-10-19(24-3)17(22)11-14(13)15(20)8-12-4-5-18(23-2)16(21)9-12/h4-5,9-11,13,15,21H,6-8H2,1-3H3/t13-,15-/m1/s1. The number of benzene rings is 1. The molecule has 1 aromatic carbocycles. The first-order valence-corrected chi connectivity index (χ1v) is 8.11. The molecule has 24 heavy (non-hydrogen) atoms. The Labute approximate surface area is 142 Å². The van der Waals surface area contributed by atoms with E-state index in [1.165, 1.54) is 14.2 Å². The number of methoxy groups -OCH3 is 2. The van der Waals surface area contributed by atoms with Gasteiger partial charge in [0.25, 0.3) is 0 Å². The van der Waals surface area contributed by atoms with Crippen molar-refractivity contribution in [2.45, 2.75) is 18.9 Å². The molecule has 128 valence electrons. The molecule has 1 N–H and O–H groups in total. The predicted molar refractivity (Wildman–Crippen MR) is 91.1 cm³/mol. The van der Waals surface area contributed by atoms with E-state index in [9.17, 15) is 9.90 Å². The lowest BCUT2D eigenvalue weighted by molar-refractivity contribution is -0.114. The molecule has 1 heterocycles. The monoisotopic (exact) mass is 329 g/mol. The normalized spacial score (nSPS) is 24.0. The van der Waals surface area contributed by atoms with Gasteiger partial charge in [0.15, 0.2) is 17.3 Å². The van der Waals surface area contributed by atoms with Crippen LogP contribution in [0.5, 0.6) is 11.5 Å². The van der Waals surface area contributed by atoms with Crippen LogP contribution in [0.3, 0.4) is 0 Å². The van der Waals surface area contributed by atoms with Gasteiger partial charge in [0, 0.05) is 12.0 Å². The summed E-state index contributed by atoms with van der Waals surface area (Å²) in [5.41, 5.74) is 2.14. The first-order chi connectivity index (χ1) is 11.5. The van der Waals surface area contributed by atoms with Gasteiger partial charge in [-0.05, 0) is 61.9 Å². The van der Waals surface area contributed by atoms with Crippen LogP contribution in [-0.2, 0) is 16.0 Å². The van der Waals surface area contributed by atoms with Gasteiger partial charge in [0.05, 0.1) is 14.2 Å². The summed E-state index contributed by atoms with van der Waals surface area (Å²) in [6.45, 7) is 0.955. The van der Waals surface area contributed by atoms with Crippen LogP contribution in [-0.4, -0.2) is 49.6 Å². The Balaban J connectivity index is 1.86. The Hall–Kier alpha value is -2.27. The van der Waals surface area contributed by atoms with Crippen molar-refractivity contribution in [2.24, 2.45) is 5.92 Å². The second-order valence-electron chi connectivity index (χ2n) is 6.35. The van der Waals surface area contributed by atoms with E-state index >= 15 is 0 Å². The summed E-state index contributed by atoms with van der Waals surface area (Å²) in [7, 11) is 5.15. The number of phenolic OH excluding ortho intramolecular Hbond substituents is 1. The fraction of sp³-hybridized carbons (Fsp3) is 0.421. The van der Waals surface area contributed by atoms with E-state index in [4.69, 9.17) is 9.47 Å². The van der Waals surface area contributed by atoms with Gasteiger partial charge < -0.3 is 14.6 Å². The predicted octanol–water partition coefficient (Wildman–Crippen LogP) is 2.30. The number of rotatable bonds is 4. The van der Waals surface area contributed by atoms with E-state index in [1.54, 1.807) is 18.2 Å². The molecule has 1 aliphatic heterocycles. The highest BCUT2D eigenvalue weighted by atomic mass is 16.5. The zero-order valence-corrected chi connectivity index (χ0v) is 14.3. The minimum absolute atomic E-state index is 0.0679. The van der Waals surface area contributed by atoms with Crippen LogP contribution in [0.15, 0.2) is 41.7 Å². The molecule has 0 aromatic heterocycles. The van der Waals surface area contributed by atoms with Crippen molar-refractivity contribution in [1.29, 1.82) is 0 Å². The number of carbonyl (C=O) groups is 1. The third kappa shape index (κ3) is 3.04. The Kier molecular flexibility index (Phi) is 4.62. The molecule has 2 atom stereocenters. The summed E-state index contributed by atoms with van der Waals surface area (Å²) in [6.07, 6.45) is 5.39. The average Bonchev–Trinajstić information content (AvgIpc) is 2.57. The minimum Gasteiger partial charge on any atom is -0.504 e. The second kappa shape index (κ2) is 6.69. The summed E-state index contributed by atoms with van der Waals surface area (Å²) in [6, 6.07) is 5.60. The lowest BCUT2D eigenvalue weighted by Crippen LogP contribution is -2.44. The van der Waals surface area contributed by atoms with Crippen molar-refractivity contribution in [2.75, 3.05) is 27.8 Å². The van der Waals surface area contributed by atoms with Gasteiger partial charge in [0.2, 0.25) is 5.78 Å². The van der Waals surface area contributed by atoms with Gasteiger partial charge in [-0.3, -0.25) is 9.69 Å². The van der Waals surface area contributed by atoms with Crippen LogP contribution in [0.25, 0.3) is 0 Å². The number of hydrogen-bond acceptors (Lipinski definition) is 5. The molecule has 0 amide bonds. The number of piperidine rings is 1.